The van der Waals surface area contributed by atoms with E-state index in [1.165, 1.54) is 109 Å². The third-order valence-electron chi connectivity index (χ3n) is 12.0. The van der Waals surface area contributed by atoms with Gasteiger partial charge in [0.05, 0.1) is 0 Å². The van der Waals surface area contributed by atoms with Crippen molar-refractivity contribution in [2.24, 2.45) is 0 Å². The van der Waals surface area contributed by atoms with E-state index in [1.54, 1.807) is 0 Å². The molecule has 0 heterocycles. The average molecular weight is 673 g/mol. The highest BCUT2D eigenvalue weighted by Crippen LogP contribution is 2.49. The minimum Gasteiger partial charge on any atom is -0.0619 e. The molecule has 0 nitrogen and oxygen atoms in total. The summed E-state index contributed by atoms with van der Waals surface area (Å²) in [6.07, 6.45) is 0. The van der Waals surface area contributed by atoms with E-state index in [4.69, 9.17) is 0 Å². The smallest absolute Gasteiger partial charge is 0.0159 e. The summed E-state index contributed by atoms with van der Waals surface area (Å²) >= 11 is 0. The molecule has 0 atom stereocenters. The van der Waals surface area contributed by atoms with Gasteiger partial charge in [0.2, 0.25) is 0 Å². The van der Waals surface area contributed by atoms with Crippen LogP contribution in [0.15, 0.2) is 182 Å². The highest BCUT2D eigenvalue weighted by Gasteiger charge is 2.35. The maximum absolute atomic E-state index is 2.42. The topological polar surface area (TPSA) is 0 Å². The lowest BCUT2D eigenvalue weighted by Gasteiger charge is -2.22. The summed E-state index contributed by atoms with van der Waals surface area (Å²) in [5, 5.41) is 12.9. The first kappa shape index (κ1) is 30.2. The summed E-state index contributed by atoms with van der Waals surface area (Å²) in [5.41, 5.74) is 13.1. The van der Waals surface area contributed by atoms with E-state index in [1.807, 2.05) is 0 Å². The van der Waals surface area contributed by atoms with E-state index in [0.717, 1.165) is 0 Å². The van der Waals surface area contributed by atoms with E-state index < -0.39 is 0 Å². The zero-order chi connectivity index (χ0) is 35.3. The molecule has 10 aromatic carbocycles. The van der Waals surface area contributed by atoms with E-state index in [2.05, 4.69) is 196 Å². The Morgan fingerprint density at radius 1 is 0.264 bits per heavy atom. The van der Waals surface area contributed by atoms with Crippen molar-refractivity contribution in [1.82, 2.24) is 0 Å². The molecule has 53 heavy (non-hydrogen) atoms. The number of benzene rings is 10. The van der Waals surface area contributed by atoms with Gasteiger partial charge in [0.15, 0.2) is 0 Å². The molecule has 0 amide bonds. The van der Waals surface area contributed by atoms with Crippen molar-refractivity contribution in [2.75, 3.05) is 0 Å². The Balaban J connectivity index is 0.990. The molecule has 0 radical (unpaired) electrons. The van der Waals surface area contributed by atoms with Crippen molar-refractivity contribution in [3.8, 4) is 44.5 Å². The summed E-state index contributed by atoms with van der Waals surface area (Å²) in [6, 6.07) is 68.0. The van der Waals surface area contributed by atoms with Gasteiger partial charge in [-0.1, -0.05) is 172 Å². The lowest BCUT2D eigenvalue weighted by molar-refractivity contribution is 0.660. The van der Waals surface area contributed by atoms with Crippen molar-refractivity contribution < 1.29 is 0 Å². The maximum Gasteiger partial charge on any atom is 0.0159 e. The van der Waals surface area contributed by atoms with Gasteiger partial charge >= 0.3 is 0 Å². The predicted molar refractivity (Wildman–Crippen MR) is 228 cm³/mol. The molecule has 0 unspecified atom stereocenters. The van der Waals surface area contributed by atoms with Crippen molar-refractivity contribution in [3.63, 3.8) is 0 Å². The Bertz CT molecular complexity index is 3100. The largest absolute Gasteiger partial charge is 0.0619 e. The van der Waals surface area contributed by atoms with Crippen molar-refractivity contribution in [3.05, 3.63) is 193 Å². The average Bonchev–Trinajstić information content (AvgIpc) is 3.45. The molecular weight excluding hydrogens is 637 g/mol. The highest BCUT2D eigenvalue weighted by atomic mass is 14.4. The molecule has 0 heteroatoms. The van der Waals surface area contributed by atoms with Crippen LogP contribution in [0.3, 0.4) is 0 Å². The lowest BCUT2D eigenvalue weighted by Crippen LogP contribution is -2.14. The first-order valence-electron chi connectivity index (χ1n) is 18.7. The standard InChI is InChI=1S/C53H36/c1-53(2)51-18-10-9-17-48(51)49-26-23-36(32-52(49)53)34-19-20-35-30-37(22-21-33(35)29-34)39-27-28-40(42-12-4-3-11-41(39)42)38-24-25-47-45-15-6-5-13-43(45)44-14-7-8-16-46(44)50(47)31-38/h3-32H,1-2H3. The minimum absolute atomic E-state index is 0.0103. The molecule has 1 aliphatic carbocycles. The Labute approximate surface area is 309 Å². The van der Waals surface area contributed by atoms with Crippen LogP contribution < -0.4 is 0 Å². The van der Waals surface area contributed by atoms with E-state index in [0.29, 0.717) is 0 Å². The van der Waals surface area contributed by atoms with Crippen LogP contribution >= 0.6 is 0 Å². The van der Waals surface area contributed by atoms with Crippen LogP contribution in [-0.2, 0) is 5.41 Å². The molecule has 0 saturated carbocycles. The van der Waals surface area contributed by atoms with Gasteiger partial charge in [0, 0.05) is 5.41 Å². The second-order valence-corrected chi connectivity index (χ2v) is 15.3. The van der Waals surface area contributed by atoms with Crippen LogP contribution in [0.1, 0.15) is 25.0 Å². The first-order valence-corrected chi connectivity index (χ1v) is 18.7. The number of rotatable bonds is 3. The molecule has 0 aliphatic heterocycles. The van der Waals surface area contributed by atoms with Gasteiger partial charge in [0.25, 0.3) is 0 Å². The first-order chi connectivity index (χ1) is 26.0. The summed E-state index contributed by atoms with van der Waals surface area (Å²) in [5.74, 6) is 0. The molecule has 0 N–H and O–H groups in total. The number of hydrogen-bond donors (Lipinski definition) is 0. The molecular formula is C53H36. The third kappa shape index (κ3) is 4.49. The molecule has 0 saturated heterocycles. The summed E-state index contributed by atoms with van der Waals surface area (Å²) < 4.78 is 0. The van der Waals surface area contributed by atoms with Gasteiger partial charge in [0.1, 0.15) is 0 Å². The zero-order valence-electron chi connectivity index (χ0n) is 29.8. The van der Waals surface area contributed by atoms with Crippen molar-refractivity contribution in [1.29, 1.82) is 0 Å². The van der Waals surface area contributed by atoms with Gasteiger partial charge in [-0.15, -0.1) is 0 Å². The molecule has 0 bridgehead atoms. The van der Waals surface area contributed by atoms with Crippen LogP contribution in [0.2, 0.25) is 0 Å². The fourth-order valence-electron chi connectivity index (χ4n) is 9.35. The quantitative estimate of drug-likeness (QED) is 0.164. The molecule has 0 fully saturated rings. The van der Waals surface area contributed by atoms with E-state index in [-0.39, 0.29) is 5.41 Å². The lowest BCUT2D eigenvalue weighted by atomic mass is 9.81. The molecule has 11 rings (SSSR count). The molecule has 0 aromatic heterocycles. The second kappa shape index (κ2) is 11.2. The Morgan fingerprint density at radius 3 is 1.34 bits per heavy atom. The van der Waals surface area contributed by atoms with E-state index in [9.17, 15) is 0 Å². The van der Waals surface area contributed by atoms with Crippen LogP contribution in [-0.4, -0.2) is 0 Å². The number of fused-ring (bicyclic) bond motifs is 11. The van der Waals surface area contributed by atoms with Gasteiger partial charge in [-0.25, -0.2) is 0 Å². The van der Waals surface area contributed by atoms with Crippen LogP contribution in [0.4, 0.5) is 0 Å². The third-order valence-corrected chi connectivity index (χ3v) is 12.0. The summed E-state index contributed by atoms with van der Waals surface area (Å²) in [4.78, 5) is 0. The molecule has 248 valence electrons. The van der Waals surface area contributed by atoms with Gasteiger partial charge in [-0.3, -0.25) is 0 Å². The maximum atomic E-state index is 2.42. The van der Waals surface area contributed by atoms with Gasteiger partial charge in [-0.2, -0.15) is 0 Å². The fourth-order valence-corrected chi connectivity index (χ4v) is 9.35. The van der Waals surface area contributed by atoms with Crippen LogP contribution in [0, 0.1) is 0 Å². The number of hydrogen-bond acceptors (Lipinski definition) is 0. The predicted octanol–water partition coefficient (Wildman–Crippen LogP) is 14.8. The minimum atomic E-state index is -0.0103. The van der Waals surface area contributed by atoms with Crippen molar-refractivity contribution in [2.45, 2.75) is 19.3 Å². The molecule has 10 aromatic rings. The van der Waals surface area contributed by atoms with Crippen molar-refractivity contribution >= 4 is 53.9 Å². The second-order valence-electron chi connectivity index (χ2n) is 15.3. The zero-order valence-corrected chi connectivity index (χ0v) is 29.8. The summed E-state index contributed by atoms with van der Waals surface area (Å²) in [7, 11) is 0. The normalized spacial score (nSPS) is 13.2. The van der Waals surface area contributed by atoms with E-state index >= 15 is 0 Å². The van der Waals surface area contributed by atoms with Crippen LogP contribution in [0.25, 0.3) is 98.4 Å². The van der Waals surface area contributed by atoms with Gasteiger partial charge in [-0.05, 0) is 134 Å². The van der Waals surface area contributed by atoms with Gasteiger partial charge < -0.3 is 0 Å². The molecule has 0 spiro atoms. The monoisotopic (exact) mass is 672 g/mol. The Hall–Kier alpha value is -6.50. The highest BCUT2D eigenvalue weighted by molar-refractivity contribution is 6.26. The molecule has 1 aliphatic rings. The Kier molecular flexibility index (Phi) is 6.40. The Morgan fingerprint density at radius 2 is 0.679 bits per heavy atom. The van der Waals surface area contributed by atoms with Crippen LogP contribution in [0.5, 0.6) is 0 Å². The SMILES string of the molecule is CC1(C)c2ccccc2-c2ccc(-c3ccc4cc(-c5ccc(-c6ccc7c8ccccc8c8ccccc8c7c6)c6ccccc56)ccc4c3)cc21. The fraction of sp³-hybridized carbons (Fsp3) is 0.0566. The summed E-state index contributed by atoms with van der Waals surface area (Å²) in [6.45, 7) is 4.70.